The van der Waals surface area contributed by atoms with E-state index in [-0.39, 0.29) is 10.8 Å². The van der Waals surface area contributed by atoms with Crippen molar-refractivity contribution in [3.63, 3.8) is 0 Å². The molecule has 0 saturated carbocycles. The highest BCUT2D eigenvalue weighted by molar-refractivity contribution is 7.80. The van der Waals surface area contributed by atoms with E-state index < -0.39 is 22.3 Å². The second-order valence-electron chi connectivity index (χ2n) is 6.06. The zero-order valence-electron chi connectivity index (χ0n) is 15.4. The molecule has 0 aliphatic heterocycles. The number of furan rings is 1. The fourth-order valence-electron chi connectivity index (χ4n) is 2.50. The van der Waals surface area contributed by atoms with Crippen LogP contribution in [0.5, 0.6) is 0 Å². The van der Waals surface area contributed by atoms with Crippen LogP contribution >= 0.6 is 35.4 Å². The monoisotopic (exact) mass is 479 g/mol. The first-order valence-corrected chi connectivity index (χ1v) is 9.68. The van der Waals surface area contributed by atoms with Crippen LogP contribution in [0.3, 0.4) is 0 Å². The van der Waals surface area contributed by atoms with Crippen LogP contribution in [0.15, 0.2) is 59.0 Å². The topological polar surface area (TPSA) is 97.4 Å². The Morgan fingerprint density at radius 2 is 1.84 bits per heavy atom. The molecule has 0 unspecified atom stereocenters. The normalized spacial score (nSPS) is 10.8. The van der Waals surface area contributed by atoms with Gasteiger partial charge in [-0.15, -0.1) is 0 Å². The lowest BCUT2D eigenvalue weighted by atomic mass is 10.2. The molecule has 158 valence electrons. The van der Waals surface area contributed by atoms with Crippen molar-refractivity contribution in [1.29, 1.82) is 0 Å². The Morgan fingerprint density at radius 3 is 2.52 bits per heavy atom. The van der Waals surface area contributed by atoms with Gasteiger partial charge in [0, 0.05) is 33.4 Å². The van der Waals surface area contributed by atoms with Gasteiger partial charge in [0.2, 0.25) is 11.7 Å². The third kappa shape index (κ3) is 6.11. The molecule has 0 aliphatic carbocycles. The molecule has 0 radical (unpaired) electrons. The number of carbonyl (C=O) groups is 1. The van der Waals surface area contributed by atoms with Crippen LogP contribution in [0.1, 0.15) is 5.76 Å². The summed E-state index contributed by atoms with van der Waals surface area (Å²) in [5.74, 6) is -0.641. The maximum atomic E-state index is 13.4. The van der Waals surface area contributed by atoms with E-state index in [9.17, 15) is 19.3 Å². The van der Waals surface area contributed by atoms with E-state index in [1.807, 2.05) is 0 Å². The molecule has 0 fully saturated rings. The number of hydrogen-bond acceptors (Lipinski definition) is 5. The third-order valence-electron chi connectivity index (χ3n) is 3.81. The number of nitrogens with one attached hydrogen (secondary N) is 2. The largest absolute Gasteiger partial charge is 0.457 e. The minimum atomic E-state index is -0.980. The number of halogens is 3. The predicted molar refractivity (Wildman–Crippen MR) is 121 cm³/mol. The molecule has 1 heterocycles. The van der Waals surface area contributed by atoms with Gasteiger partial charge in [0.1, 0.15) is 11.5 Å². The van der Waals surface area contributed by atoms with Crippen molar-refractivity contribution < 1.29 is 18.5 Å². The maximum absolute atomic E-state index is 13.4. The van der Waals surface area contributed by atoms with Crippen LogP contribution in [-0.4, -0.2) is 15.9 Å². The molecule has 1 aromatic heterocycles. The number of benzene rings is 2. The summed E-state index contributed by atoms with van der Waals surface area (Å²) in [4.78, 5) is 22.0. The molecule has 3 rings (SSSR count). The molecule has 2 N–H and O–H groups in total. The van der Waals surface area contributed by atoms with E-state index in [0.717, 1.165) is 12.1 Å². The number of nitro benzene ring substituents is 1. The third-order valence-corrected chi connectivity index (χ3v) is 4.45. The number of carbonyl (C=O) groups excluding carboxylic acids is 1. The van der Waals surface area contributed by atoms with E-state index in [1.165, 1.54) is 18.2 Å². The van der Waals surface area contributed by atoms with E-state index in [2.05, 4.69) is 10.6 Å². The van der Waals surface area contributed by atoms with E-state index in [4.69, 9.17) is 39.8 Å². The average molecular weight is 480 g/mol. The van der Waals surface area contributed by atoms with Crippen LogP contribution in [0.4, 0.5) is 15.8 Å². The Hall–Kier alpha value is -3.27. The SMILES string of the molecule is O=C(/C=C/c1ccc(-c2cc(Cl)cc(Cl)c2)o1)NC(=S)Nc1ccc(F)c([N+](=O)[O-])c1. The van der Waals surface area contributed by atoms with Gasteiger partial charge in [-0.3, -0.25) is 20.2 Å². The summed E-state index contributed by atoms with van der Waals surface area (Å²) >= 11 is 17.0. The van der Waals surface area contributed by atoms with Crippen molar-refractivity contribution in [3.8, 4) is 11.3 Å². The smallest absolute Gasteiger partial charge is 0.306 e. The molecule has 0 spiro atoms. The lowest BCUT2D eigenvalue weighted by Crippen LogP contribution is -2.32. The van der Waals surface area contributed by atoms with Gasteiger partial charge in [-0.1, -0.05) is 23.2 Å². The Morgan fingerprint density at radius 1 is 1.13 bits per heavy atom. The Labute approximate surface area is 190 Å². The number of hydrogen-bond donors (Lipinski definition) is 2. The zero-order valence-corrected chi connectivity index (χ0v) is 17.7. The van der Waals surface area contributed by atoms with Gasteiger partial charge in [0.15, 0.2) is 5.11 Å². The second-order valence-corrected chi connectivity index (χ2v) is 7.34. The average Bonchev–Trinajstić information content (AvgIpc) is 3.16. The molecule has 7 nitrogen and oxygen atoms in total. The van der Waals surface area contributed by atoms with Crippen molar-refractivity contribution in [2.24, 2.45) is 0 Å². The standard InChI is InChI=1S/C20H12Cl2FN3O4S/c21-12-7-11(8-13(22)9-12)18-5-2-15(30-18)3-6-19(27)25-20(31)24-14-1-4-16(23)17(10-14)26(28)29/h1-10H,(H2,24,25,27,31)/b6-3+. The summed E-state index contributed by atoms with van der Waals surface area (Å²) in [6, 6.07) is 11.5. The Balaban J connectivity index is 1.61. The summed E-state index contributed by atoms with van der Waals surface area (Å²) < 4.78 is 19.0. The molecular weight excluding hydrogens is 468 g/mol. The van der Waals surface area contributed by atoms with Gasteiger partial charge >= 0.3 is 5.69 Å². The lowest BCUT2D eigenvalue weighted by molar-refractivity contribution is -0.387. The first-order chi connectivity index (χ1) is 14.7. The highest BCUT2D eigenvalue weighted by Crippen LogP contribution is 2.29. The molecule has 3 aromatic rings. The minimum absolute atomic E-state index is 0.121. The van der Waals surface area contributed by atoms with Gasteiger partial charge in [-0.25, -0.2) is 0 Å². The van der Waals surface area contributed by atoms with Gasteiger partial charge in [-0.2, -0.15) is 4.39 Å². The summed E-state index contributed by atoms with van der Waals surface area (Å²) in [6.07, 6.45) is 2.62. The van der Waals surface area contributed by atoms with Crippen LogP contribution in [0, 0.1) is 15.9 Å². The van der Waals surface area contributed by atoms with E-state index >= 15 is 0 Å². The highest BCUT2D eigenvalue weighted by Gasteiger charge is 2.15. The Bertz CT molecular complexity index is 1190. The molecule has 0 atom stereocenters. The number of rotatable bonds is 5. The van der Waals surface area contributed by atoms with Gasteiger partial charge in [0.25, 0.3) is 0 Å². The van der Waals surface area contributed by atoms with E-state index in [0.29, 0.717) is 27.1 Å². The number of nitrogens with zero attached hydrogens (tertiary/aromatic N) is 1. The quantitative estimate of drug-likeness (QED) is 0.207. The molecule has 0 saturated heterocycles. The van der Waals surface area contributed by atoms with Crippen LogP contribution in [0.2, 0.25) is 10.0 Å². The number of thiocarbonyl (C=S) groups is 1. The minimum Gasteiger partial charge on any atom is -0.457 e. The van der Waals surface area contributed by atoms with Crippen LogP contribution in [-0.2, 0) is 4.79 Å². The van der Waals surface area contributed by atoms with Crippen molar-refractivity contribution in [3.05, 3.63) is 86.3 Å². The number of anilines is 1. The number of amides is 1. The van der Waals surface area contributed by atoms with Crippen molar-refractivity contribution >= 4 is 63.9 Å². The van der Waals surface area contributed by atoms with Crippen molar-refractivity contribution in [2.75, 3.05) is 5.32 Å². The fraction of sp³-hybridized carbons (Fsp3) is 0. The summed E-state index contributed by atoms with van der Waals surface area (Å²) in [6.45, 7) is 0. The van der Waals surface area contributed by atoms with Gasteiger partial charge in [-0.05, 0) is 60.8 Å². The van der Waals surface area contributed by atoms with Crippen LogP contribution in [0.25, 0.3) is 17.4 Å². The first-order valence-electron chi connectivity index (χ1n) is 8.51. The molecule has 31 heavy (non-hydrogen) atoms. The maximum Gasteiger partial charge on any atom is 0.306 e. The van der Waals surface area contributed by atoms with Gasteiger partial charge in [0.05, 0.1) is 4.92 Å². The van der Waals surface area contributed by atoms with E-state index in [1.54, 1.807) is 30.3 Å². The zero-order chi connectivity index (χ0) is 22.5. The molecule has 11 heteroatoms. The molecule has 0 aliphatic rings. The molecule has 2 aromatic carbocycles. The summed E-state index contributed by atoms with van der Waals surface area (Å²) in [5.41, 5.74) is 0.118. The fourth-order valence-corrected chi connectivity index (χ4v) is 3.24. The highest BCUT2D eigenvalue weighted by atomic mass is 35.5. The van der Waals surface area contributed by atoms with Crippen molar-refractivity contribution in [2.45, 2.75) is 0 Å². The lowest BCUT2D eigenvalue weighted by Gasteiger charge is -2.08. The Kier molecular flexibility index (Phi) is 7.01. The molecule has 0 bridgehead atoms. The van der Waals surface area contributed by atoms with Crippen molar-refractivity contribution in [1.82, 2.24) is 5.32 Å². The predicted octanol–water partition coefficient (Wildman–Crippen LogP) is 5.83. The summed E-state index contributed by atoms with van der Waals surface area (Å²) in [7, 11) is 0. The second kappa shape index (κ2) is 9.69. The first kappa shape index (κ1) is 22.4. The van der Waals surface area contributed by atoms with Crippen LogP contribution < -0.4 is 10.6 Å². The molecule has 1 amide bonds. The summed E-state index contributed by atoms with van der Waals surface area (Å²) in [5, 5.41) is 16.5. The van der Waals surface area contributed by atoms with Gasteiger partial charge < -0.3 is 9.73 Å². The number of nitro groups is 1. The molecular formula is C20H12Cl2FN3O4S.